The highest BCUT2D eigenvalue weighted by Crippen LogP contribution is 2.29. The third-order valence-corrected chi connectivity index (χ3v) is 7.34. The van der Waals surface area contributed by atoms with Crippen LogP contribution in [0.5, 0.6) is 0 Å². The predicted octanol–water partition coefficient (Wildman–Crippen LogP) is 4.35. The highest BCUT2D eigenvalue weighted by Gasteiger charge is 2.44. The summed E-state index contributed by atoms with van der Waals surface area (Å²) in [6.07, 6.45) is 4.61. The van der Waals surface area contributed by atoms with E-state index < -0.39 is 12.1 Å². The van der Waals surface area contributed by atoms with Gasteiger partial charge in [-0.1, -0.05) is 48.5 Å². The van der Waals surface area contributed by atoms with Crippen molar-refractivity contribution in [1.82, 2.24) is 20.4 Å². The fraction of sp³-hybridized carbons (Fsp3) is 0.897. The molecule has 7 nitrogen and oxygen atoms in total. The minimum absolute atomic E-state index is 0.0133. The summed E-state index contributed by atoms with van der Waals surface area (Å²) in [6.45, 7) is 22.4. The van der Waals surface area contributed by atoms with Crippen molar-refractivity contribution in [3.8, 4) is 0 Å². The van der Waals surface area contributed by atoms with Crippen molar-refractivity contribution in [2.75, 3.05) is 13.1 Å². The van der Waals surface area contributed by atoms with Crippen LogP contribution < -0.4 is 10.6 Å². The Bertz CT molecular complexity index is 765. The van der Waals surface area contributed by atoms with Gasteiger partial charge in [0, 0.05) is 24.7 Å². The highest BCUT2D eigenvalue weighted by molar-refractivity contribution is 5.94. The minimum Gasteiger partial charge on any atom is -0.351 e. The normalized spacial score (nSPS) is 22.9. The first-order chi connectivity index (χ1) is 16.5. The summed E-state index contributed by atoms with van der Waals surface area (Å²) in [7, 11) is 0. The second-order valence-corrected chi connectivity index (χ2v) is 14.0. The van der Waals surface area contributed by atoms with E-state index in [2.05, 4.69) is 79.9 Å². The fourth-order valence-corrected chi connectivity index (χ4v) is 5.57. The molecule has 0 radical (unpaired) electrons. The first kappa shape index (κ1) is 30.6. The zero-order valence-corrected chi connectivity index (χ0v) is 24.7. The number of rotatable bonds is 9. The lowest BCUT2D eigenvalue weighted by atomic mass is 9.82. The minimum atomic E-state index is -0.476. The van der Waals surface area contributed by atoms with E-state index in [1.54, 1.807) is 9.80 Å². The molecule has 36 heavy (non-hydrogen) atoms. The Balaban J connectivity index is 2.17. The zero-order valence-electron chi connectivity index (χ0n) is 24.7. The van der Waals surface area contributed by atoms with Crippen molar-refractivity contribution in [3.05, 3.63) is 0 Å². The lowest BCUT2D eigenvalue weighted by molar-refractivity contribution is -0.148. The Morgan fingerprint density at radius 3 is 1.83 bits per heavy atom. The van der Waals surface area contributed by atoms with Gasteiger partial charge in [0.05, 0.1) is 6.04 Å². The van der Waals surface area contributed by atoms with Gasteiger partial charge in [-0.2, -0.15) is 0 Å². The van der Waals surface area contributed by atoms with Crippen LogP contribution in [0.4, 0.5) is 0 Å². The molecule has 2 rings (SSSR count). The standard InChI is InChI=1S/C29H54N4O3/c1-19(2)17-21(31-29(8,9)10)26(35)33-16-12-14-23(33)27(36)32-15-11-13-22(32)25(34)30-24(18-20(3)4)28(5,6)7/h19-24,31H,11-18H2,1-10H3,(H,30,34)/t21?,22-,23?,24?/m0/s1. The highest BCUT2D eigenvalue weighted by atomic mass is 16.2. The molecule has 0 aromatic rings. The summed E-state index contributed by atoms with van der Waals surface area (Å²) in [5.74, 6) is 0.728. The van der Waals surface area contributed by atoms with E-state index in [0.29, 0.717) is 37.8 Å². The average molecular weight is 507 g/mol. The van der Waals surface area contributed by atoms with Gasteiger partial charge >= 0.3 is 0 Å². The van der Waals surface area contributed by atoms with Crippen molar-refractivity contribution in [1.29, 1.82) is 0 Å². The number of carbonyl (C=O) groups excluding carboxylic acids is 3. The molecule has 2 N–H and O–H groups in total. The Morgan fingerprint density at radius 2 is 1.33 bits per heavy atom. The van der Waals surface area contributed by atoms with Gasteiger partial charge in [0.15, 0.2) is 0 Å². The second kappa shape index (κ2) is 12.3. The van der Waals surface area contributed by atoms with Crippen LogP contribution in [0.2, 0.25) is 0 Å². The largest absolute Gasteiger partial charge is 0.351 e. The van der Waals surface area contributed by atoms with Crippen LogP contribution in [-0.4, -0.2) is 70.3 Å². The predicted molar refractivity (Wildman–Crippen MR) is 146 cm³/mol. The summed E-state index contributed by atoms with van der Waals surface area (Å²) < 4.78 is 0. The Hall–Kier alpha value is -1.63. The topological polar surface area (TPSA) is 81.8 Å². The van der Waals surface area contributed by atoms with Gasteiger partial charge in [0.1, 0.15) is 12.1 Å². The molecule has 2 aliphatic rings. The summed E-state index contributed by atoms with van der Waals surface area (Å²) in [5.41, 5.74) is -0.264. The first-order valence-corrected chi connectivity index (χ1v) is 14.2. The van der Waals surface area contributed by atoms with Crippen LogP contribution in [0.25, 0.3) is 0 Å². The van der Waals surface area contributed by atoms with Crippen LogP contribution in [0.3, 0.4) is 0 Å². The molecule has 7 heteroatoms. The molecule has 2 aliphatic heterocycles. The lowest BCUT2D eigenvalue weighted by Crippen LogP contribution is -2.58. The summed E-state index contributed by atoms with van der Waals surface area (Å²) in [5, 5.41) is 6.77. The molecule has 3 unspecified atom stereocenters. The van der Waals surface area contributed by atoms with Crippen molar-refractivity contribution < 1.29 is 14.4 Å². The third-order valence-electron chi connectivity index (χ3n) is 7.34. The molecule has 0 aromatic heterocycles. The molecule has 2 fully saturated rings. The molecule has 0 spiro atoms. The van der Waals surface area contributed by atoms with Gasteiger partial charge in [0.2, 0.25) is 17.7 Å². The zero-order chi connectivity index (χ0) is 27.4. The maximum Gasteiger partial charge on any atom is 0.246 e. The Labute approximate surface area is 220 Å². The van der Waals surface area contributed by atoms with E-state index in [0.717, 1.165) is 25.7 Å². The van der Waals surface area contributed by atoms with E-state index in [9.17, 15) is 14.4 Å². The van der Waals surface area contributed by atoms with Crippen LogP contribution in [0.15, 0.2) is 0 Å². The summed E-state index contributed by atoms with van der Waals surface area (Å²) >= 11 is 0. The van der Waals surface area contributed by atoms with Crippen LogP contribution in [0, 0.1) is 17.3 Å². The SMILES string of the molecule is CC(C)CC(NC(C)(C)C)C(=O)N1CCCC1C(=O)N1CCC[C@H]1C(=O)NC(CC(C)C)C(C)(C)C. The number of nitrogens with zero attached hydrogens (tertiary/aromatic N) is 2. The van der Waals surface area contributed by atoms with Crippen LogP contribution in [-0.2, 0) is 14.4 Å². The molecule has 0 aromatic carbocycles. The number of amides is 3. The molecular formula is C29H54N4O3. The van der Waals surface area contributed by atoms with Gasteiger partial charge in [-0.25, -0.2) is 0 Å². The van der Waals surface area contributed by atoms with Crippen molar-refractivity contribution in [2.24, 2.45) is 17.3 Å². The molecule has 0 saturated carbocycles. The average Bonchev–Trinajstić information content (AvgIpc) is 3.39. The van der Waals surface area contributed by atoms with Crippen molar-refractivity contribution in [2.45, 2.75) is 137 Å². The molecule has 2 heterocycles. The monoisotopic (exact) mass is 506 g/mol. The summed E-state index contributed by atoms with van der Waals surface area (Å²) in [6, 6.07) is -1.20. The molecule has 3 amide bonds. The molecule has 4 atom stereocenters. The van der Waals surface area contributed by atoms with Gasteiger partial charge in [-0.3, -0.25) is 14.4 Å². The van der Waals surface area contributed by atoms with Crippen LogP contribution >= 0.6 is 0 Å². The smallest absolute Gasteiger partial charge is 0.246 e. The van der Waals surface area contributed by atoms with E-state index >= 15 is 0 Å². The Morgan fingerprint density at radius 1 is 0.806 bits per heavy atom. The molecule has 0 bridgehead atoms. The van der Waals surface area contributed by atoms with Crippen molar-refractivity contribution >= 4 is 17.7 Å². The number of hydrogen-bond acceptors (Lipinski definition) is 4. The van der Waals surface area contributed by atoms with Gasteiger partial charge in [0.25, 0.3) is 0 Å². The van der Waals surface area contributed by atoms with E-state index in [4.69, 9.17) is 0 Å². The summed E-state index contributed by atoms with van der Waals surface area (Å²) in [4.78, 5) is 44.4. The quantitative estimate of drug-likeness (QED) is 0.487. The number of likely N-dealkylation sites (tertiary alicyclic amines) is 2. The second-order valence-electron chi connectivity index (χ2n) is 14.0. The van der Waals surface area contributed by atoms with Crippen molar-refractivity contribution in [3.63, 3.8) is 0 Å². The maximum atomic E-state index is 13.8. The maximum absolute atomic E-state index is 13.8. The molecular weight excluding hydrogens is 452 g/mol. The number of carbonyl (C=O) groups is 3. The molecule has 0 aliphatic carbocycles. The molecule has 2 saturated heterocycles. The van der Waals surface area contributed by atoms with E-state index in [1.165, 1.54) is 0 Å². The lowest BCUT2D eigenvalue weighted by Gasteiger charge is -2.37. The number of nitrogens with one attached hydrogen (secondary N) is 2. The first-order valence-electron chi connectivity index (χ1n) is 14.2. The van der Waals surface area contributed by atoms with Crippen LogP contribution in [0.1, 0.15) is 108 Å². The van der Waals surface area contributed by atoms with Gasteiger partial charge in [-0.05, 0) is 76.5 Å². The van der Waals surface area contributed by atoms with Gasteiger partial charge < -0.3 is 20.4 Å². The fourth-order valence-electron chi connectivity index (χ4n) is 5.57. The van der Waals surface area contributed by atoms with E-state index in [-0.39, 0.29) is 40.8 Å². The van der Waals surface area contributed by atoms with E-state index in [1.807, 2.05) is 0 Å². The third kappa shape index (κ3) is 8.46. The molecule has 208 valence electrons. The Kier molecular flexibility index (Phi) is 10.4. The number of hydrogen-bond donors (Lipinski definition) is 2. The van der Waals surface area contributed by atoms with Gasteiger partial charge in [-0.15, -0.1) is 0 Å².